The summed E-state index contributed by atoms with van der Waals surface area (Å²) in [5.74, 6) is 1.67. The van der Waals surface area contributed by atoms with E-state index in [-0.39, 0.29) is 0 Å². The Morgan fingerprint density at radius 2 is 1.84 bits per heavy atom. The number of nitriles is 1. The standard InChI is InChI=1S/C15H14N2O2/c1-10-3-5-14(11(7-10)9-16)19-12-4-6-15(18-2)13(17)8-12/h3-8H,17H2,1-2H3. The number of anilines is 1. The minimum absolute atomic E-state index is 0.491. The van der Waals surface area contributed by atoms with Gasteiger partial charge in [0, 0.05) is 6.07 Å². The Kier molecular flexibility index (Phi) is 3.58. The van der Waals surface area contributed by atoms with Crippen molar-refractivity contribution in [2.24, 2.45) is 0 Å². The highest BCUT2D eigenvalue weighted by Gasteiger charge is 2.07. The van der Waals surface area contributed by atoms with E-state index < -0.39 is 0 Å². The summed E-state index contributed by atoms with van der Waals surface area (Å²) in [6, 6.07) is 12.7. The van der Waals surface area contributed by atoms with Gasteiger partial charge in [-0.15, -0.1) is 0 Å². The summed E-state index contributed by atoms with van der Waals surface area (Å²) in [6.45, 7) is 1.93. The number of hydrogen-bond acceptors (Lipinski definition) is 4. The minimum Gasteiger partial charge on any atom is -0.495 e. The van der Waals surface area contributed by atoms with Crippen LogP contribution in [0, 0.1) is 18.3 Å². The Balaban J connectivity index is 2.31. The van der Waals surface area contributed by atoms with Crippen molar-refractivity contribution in [1.29, 1.82) is 5.26 Å². The van der Waals surface area contributed by atoms with Crippen LogP contribution in [0.25, 0.3) is 0 Å². The Labute approximate surface area is 112 Å². The molecule has 96 valence electrons. The largest absolute Gasteiger partial charge is 0.495 e. The molecule has 4 nitrogen and oxygen atoms in total. The van der Waals surface area contributed by atoms with Gasteiger partial charge in [-0.2, -0.15) is 5.26 Å². The molecule has 0 aliphatic heterocycles. The first-order valence-corrected chi connectivity index (χ1v) is 5.76. The lowest BCUT2D eigenvalue weighted by molar-refractivity contribution is 0.415. The second-order valence-electron chi connectivity index (χ2n) is 4.12. The molecule has 0 atom stereocenters. The molecule has 19 heavy (non-hydrogen) atoms. The van der Waals surface area contributed by atoms with E-state index in [4.69, 9.17) is 20.5 Å². The summed E-state index contributed by atoms with van der Waals surface area (Å²) in [5.41, 5.74) is 7.81. The average molecular weight is 254 g/mol. The van der Waals surface area contributed by atoms with Gasteiger partial charge in [0.2, 0.25) is 0 Å². The normalized spacial score (nSPS) is 9.74. The molecule has 0 radical (unpaired) electrons. The molecular weight excluding hydrogens is 240 g/mol. The molecule has 0 unspecified atom stereocenters. The second-order valence-corrected chi connectivity index (χ2v) is 4.12. The average Bonchev–Trinajstić information content (AvgIpc) is 2.41. The number of hydrogen-bond donors (Lipinski definition) is 1. The van der Waals surface area contributed by atoms with Crippen molar-refractivity contribution in [2.45, 2.75) is 6.92 Å². The number of methoxy groups -OCH3 is 1. The highest BCUT2D eigenvalue weighted by atomic mass is 16.5. The molecule has 0 amide bonds. The number of aryl methyl sites for hydroxylation is 1. The van der Waals surface area contributed by atoms with E-state index in [0.29, 0.717) is 28.5 Å². The third-order valence-corrected chi connectivity index (χ3v) is 2.68. The molecule has 0 aliphatic carbocycles. The molecule has 0 fully saturated rings. The van der Waals surface area contributed by atoms with Crippen LogP contribution < -0.4 is 15.2 Å². The lowest BCUT2D eigenvalue weighted by atomic mass is 10.1. The van der Waals surface area contributed by atoms with Gasteiger partial charge in [0.05, 0.1) is 18.4 Å². The van der Waals surface area contributed by atoms with Gasteiger partial charge in [-0.3, -0.25) is 0 Å². The topological polar surface area (TPSA) is 68.3 Å². The lowest BCUT2D eigenvalue weighted by Crippen LogP contribution is -1.94. The SMILES string of the molecule is COc1ccc(Oc2ccc(C)cc2C#N)cc1N. The summed E-state index contributed by atoms with van der Waals surface area (Å²) in [5, 5.41) is 9.08. The smallest absolute Gasteiger partial charge is 0.145 e. The number of benzene rings is 2. The van der Waals surface area contributed by atoms with Crippen molar-refractivity contribution >= 4 is 5.69 Å². The number of nitrogens with zero attached hydrogens (tertiary/aromatic N) is 1. The lowest BCUT2D eigenvalue weighted by Gasteiger charge is -2.10. The van der Waals surface area contributed by atoms with Gasteiger partial charge in [-0.1, -0.05) is 6.07 Å². The van der Waals surface area contributed by atoms with Gasteiger partial charge in [0.15, 0.2) is 0 Å². The zero-order chi connectivity index (χ0) is 13.8. The van der Waals surface area contributed by atoms with Crippen molar-refractivity contribution in [3.05, 3.63) is 47.5 Å². The first-order valence-electron chi connectivity index (χ1n) is 5.76. The molecule has 0 spiro atoms. The molecule has 4 heteroatoms. The molecule has 0 bridgehead atoms. The third kappa shape index (κ3) is 2.78. The van der Waals surface area contributed by atoms with E-state index in [9.17, 15) is 0 Å². The second kappa shape index (κ2) is 5.32. The number of nitrogens with two attached hydrogens (primary N) is 1. The summed E-state index contributed by atoms with van der Waals surface area (Å²) >= 11 is 0. The zero-order valence-corrected chi connectivity index (χ0v) is 10.8. The Bertz CT molecular complexity index is 645. The van der Waals surface area contributed by atoms with Gasteiger partial charge in [0.1, 0.15) is 23.3 Å². The van der Waals surface area contributed by atoms with Gasteiger partial charge >= 0.3 is 0 Å². The molecule has 0 saturated heterocycles. The molecule has 0 saturated carbocycles. The highest BCUT2D eigenvalue weighted by molar-refractivity contribution is 5.57. The third-order valence-electron chi connectivity index (χ3n) is 2.68. The van der Waals surface area contributed by atoms with E-state index >= 15 is 0 Å². The summed E-state index contributed by atoms with van der Waals surface area (Å²) < 4.78 is 10.8. The molecular formula is C15H14N2O2. The summed E-state index contributed by atoms with van der Waals surface area (Å²) in [7, 11) is 1.56. The number of nitrogen functional groups attached to an aromatic ring is 1. The summed E-state index contributed by atoms with van der Waals surface area (Å²) in [4.78, 5) is 0. The summed E-state index contributed by atoms with van der Waals surface area (Å²) in [6.07, 6.45) is 0. The molecule has 2 aromatic rings. The maximum Gasteiger partial charge on any atom is 0.145 e. The first kappa shape index (κ1) is 12.8. The monoisotopic (exact) mass is 254 g/mol. The fourth-order valence-corrected chi connectivity index (χ4v) is 1.72. The van der Waals surface area contributed by atoms with E-state index in [1.807, 2.05) is 13.0 Å². The van der Waals surface area contributed by atoms with Crippen molar-refractivity contribution in [1.82, 2.24) is 0 Å². The number of ether oxygens (including phenoxy) is 2. The van der Waals surface area contributed by atoms with Crippen molar-refractivity contribution in [3.8, 4) is 23.3 Å². The van der Waals surface area contributed by atoms with E-state index in [1.54, 1.807) is 37.4 Å². The van der Waals surface area contributed by atoms with Crippen LogP contribution in [0.15, 0.2) is 36.4 Å². The van der Waals surface area contributed by atoms with Crippen LogP contribution in [-0.4, -0.2) is 7.11 Å². The van der Waals surface area contributed by atoms with Crippen molar-refractivity contribution in [2.75, 3.05) is 12.8 Å². The molecule has 2 N–H and O–H groups in total. The van der Waals surface area contributed by atoms with Crippen molar-refractivity contribution in [3.63, 3.8) is 0 Å². The van der Waals surface area contributed by atoms with Crippen molar-refractivity contribution < 1.29 is 9.47 Å². The van der Waals surface area contributed by atoms with Gasteiger partial charge in [-0.25, -0.2) is 0 Å². The molecule has 2 aromatic carbocycles. The predicted molar refractivity (Wildman–Crippen MR) is 73.4 cm³/mol. The van der Waals surface area contributed by atoms with Crippen LogP contribution >= 0.6 is 0 Å². The predicted octanol–water partition coefficient (Wildman–Crippen LogP) is 3.25. The van der Waals surface area contributed by atoms with E-state index in [0.717, 1.165) is 5.56 Å². The fraction of sp³-hybridized carbons (Fsp3) is 0.133. The van der Waals surface area contributed by atoms with Crippen LogP contribution in [-0.2, 0) is 0 Å². The first-order chi connectivity index (χ1) is 9.13. The molecule has 0 aromatic heterocycles. The number of rotatable bonds is 3. The van der Waals surface area contributed by atoms with Gasteiger partial charge < -0.3 is 15.2 Å². The van der Waals surface area contributed by atoms with Crippen LogP contribution in [0.3, 0.4) is 0 Å². The van der Waals surface area contributed by atoms with Crippen LogP contribution in [0.2, 0.25) is 0 Å². The van der Waals surface area contributed by atoms with Gasteiger partial charge in [-0.05, 0) is 36.8 Å². The maximum atomic E-state index is 9.08. The maximum absolute atomic E-state index is 9.08. The van der Waals surface area contributed by atoms with Crippen LogP contribution in [0.5, 0.6) is 17.2 Å². The quantitative estimate of drug-likeness (QED) is 0.854. The van der Waals surface area contributed by atoms with E-state index in [2.05, 4.69) is 6.07 Å². The fourth-order valence-electron chi connectivity index (χ4n) is 1.72. The minimum atomic E-state index is 0.491. The van der Waals surface area contributed by atoms with Gasteiger partial charge in [0.25, 0.3) is 0 Å². The van der Waals surface area contributed by atoms with Crippen LogP contribution in [0.1, 0.15) is 11.1 Å². The molecule has 0 aliphatic rings. The molecule has 2 rings (SSSR count). The Morgan fingerprint density at radius 1 is 1.11 bits per heavy atom. The zero-order valence-electron chi connectivity index (χ0n) is 10.8. The Hall–Kier alpha value is -2.67. The highest BCUT2D eigenvalue weighted by Crippen LogP contribution is 2.30. The molecule has 0 heterocycles. The van der Waals surface area contributed by atoms with E-state index in [1.165, 1.54) is 0 Å². The Morgan fingerprint density at radius 3 is 2.47 bits per heavy atom. The van der Waals surface area contributed by atoms with Crippen LogP contribution in [0.4, 0.5) is 5.69 Å².